The summed E-state index contributed by atoms with van der Waals surface area (Å²) in [5.41, 5.74) is 5.22. The maximum absolute atomic E-state index is 10.0. The van der Waals surface area contributed by atoms with E-state index in [4.69, 9.17) is 10.2 Å². The van der Waals surface area contributed by atoms with Crippen molar-refractivity contribution in [3.8, 4) is 0 Å². The van der Waals surface area contributed by atoms with Crippen molar-refractivity contribution in [2.75, 3.05) is 0 Å². The van der Waals surface area contributed by atoms with Gasteiger partial charge >= 0.3 is 6.09 Å². The Kier molecular flexibility index (Phi) is 4.15. The third-order valence-electron chi connectivity index (χ3n) is 1.77. The molecule has 1 aromatic heterocycles. The van der Waals surface area contributed by atoms with Gasteiger partial charge in [-0.2, -0.15) is 0 Å². The Morgan fingerprint density at radius 2 is 1.88 bits per heavy atom. The van der Waals surface area contributed by atoms with Crippen LogP contribution in [0.1, 0.15) is 20.8 Å². The van der Waals surface area contributed by atoms with Gasteiger partial charge in [0.15, 0.2) is 0 Å². The van der Waals surface area contributed by atoms with Crippen LogP contribution in [0.15, 0.2) is 41.0 Å². The summed E-state index contributed by atoms with van der Waals surface area (Å²) >= 11 is 0. The lowest BCUT2D eigenvalue weighted by atomic mass is 10.2. The van der Waals surface area contributed by atoms with Gasteiger partial charge in [-0.05, 0) is 32.9 Å². The third-order valence-corrected chi connectivity index (χ3v) is 1.77. The number of hydrogen-bond acceptors (Lipinski definition) is 3. The monoisotopic (exact) mass is 235 g/mol. The summed E-state index contributed by atoms with van der Waals surface area (Å²) < 4.78 is 9.69. The summed E-state index contributed by atoms with van der Waals surface area (Å²) in [6.45, 7) is 5.28. The molecule has 1 heterocycles. The number of amides is 1. The second-order valence-electron chi connectivity index (χ2n) is 4.49. The number of carbonyl (C=O) groups is 1. The van der Waals surface area contributed by atoms with Gasteiger partial charge in [-0.1, -0.05) is 18.2 Å². The number of nitrogens with two attached hydrogens (primary N) is 1. The Morgan fingerprint density at radius 1 is 1.24 bits per heavy atom. The summed E-state index contributed by atoms with van der Waals surface area (Å²) in [6.07, 6.45) is 0.975. The van der Waals surface area contributed by atoms with Gasteiger partial charge in [-0.3, -0.25) is 0 Å². The fourth-order valence-corrected chi connectivity index (χ4v) is 1.21. The number of ether oxygens (including phenoxy) is 1. The first kappa shape index (κ1) is 13.1. The van der Waals surface area contributed by atoms with Gasteiger partial charge in [0.2, 0.25) is 0 Å². The zero-order valence-electron chi connectivity index (χ0n) is 10.3. The summed E-state index contributed by atoms with van der Waals surface area (Å²) in [5, 5.41) is 1.16. The predicted octanol–water partition coefficient (Wildman–Crippen LogP) is 3.31. The quantitative estimate of drug-likeness (QED) is 0.761. The van der Waals surface area contributed by atoms with Gasteiger partial charge < -0.3 is 14.9 Å². The molecule has 2 rings (SSSR count). The number of carbonyl (C=O) groups excluding carboxylic acids is 1. The van der Waals surface area contributed by atoms with Gasteiger partial charge in [0.25, 0.3) is 0 Å². The Bertz CT molecular complexity index is 452. The lowest BCUT2D eigenvalue weighted by Gasteiger charge is -2.16. The van der Waals surface area contributed by atoms with Crippen LogP contribution in [-0.4, -0.2) is 11.7 Å². The summed E-state index contributed by atoms with van der Waals surface area (Å²) in [4.78, 5) is 10.0. The van der Waals surface area contributed by atoms with Crippen molar-refractivity contribution in [1.29, 1.82) is 0 Å². The van der Waals surface area contributed by atoms with Gasteiger partial charge in [0.1, 0.15) is 11.2 Å². The van der Waals surface area contributed by atoms with E-state index in [-0.39, 0.29) is 0 Å². The van der Waals surface area contributed by atoms with Gasteiger partial charge in [-0.15, -0.1) is 0 Å². The molecule has 0 aliphatic heterocycles. The summed E-state index contributed by atoms with van der Waals surface area (Å²) in [5.74, 6) is 0. The van der Waals surface area contributed by atoms with Crippen molar-refractivity contribution < 1.29 is 13.9 Å². The first-order valence-electron chi connectivity index (χ1n) is 5.29. The van der Waals surface area contributed by atoms with Crippen molar-refractivity contribution in [1.82, 2.24) is 0 Å². The normalized spacial score (nSPS) is 10.5. The number of fused-ring (bicyclic) bond motifs is 1. The molecule has 0 bridgehead atoms. The minimum Gasteiger partial charge on any atom is -0.464 e. The van der Waals surface area contributed by atoms with E-state index in [1.54, 1.807) is 27.0 Å². The average molecular weight is 235 g/mol. The van der Waals surface area contributed by atoms with Crippen LogP contribution in [0.4, 0.5) is 4.79 Å². The number of primary amides is 1. The summed E-state index contributed by atoms with van der Waals surface area (Å²) in [7, 11) is 0. The Hall–Kier alpha value is -1.97. The molecule has 2 aromatic rings. The second kappa shape index (κ2) is 5.39. The van der Waals surface area contributed by atoms with E-state index in [1.807, 2.05) is 30.3 Å². The van der Waals surface area contributed by atoms with Crippen LogP contribution in [0.5, 0.6) is 0 Å². The first-order chi connectivity index (χ1) is 7.88. The van der Waals surface area contributed by atoms with Crippen LogP contribution < -0.4 is 5.73 Å². The van der Waals surface area contributed by atoms with E-state index < -0.39 is 11.7 Å². The van der Waals surface area contributed by atoms with E-state index in [0.717, 1.165) is 11.0 Å². The molecule has 0 saturated carbocycles. The van der Waals surface area contributed by atoms with E-state index in [1.165, 1.54) is 0 Å². The lowest BCUT2D eigenvalue weighted by molar-refractivity contribution is 0.0600. The molecular weight excluding hydrogens is 218 g/mol. The second-order valence-corrected chi connectivity index (χ2v) is 4.49. The van der Waals surface area contributed by atoms with Gasteiger partial charge in [0, 0.05) is 5.39 Å². The highest BCUT2D eigenvalue weighted by atomic mass is 16.6. The van der Waals surface area contributed by atoms with Crippen LogP contribution in [0.2, 0.25) is 0 Å². The van der Waals surface area contributed by atoms with Crippen molar-refractivity contribution in [3.63, 3.8) is 0 Å². The predicted molar refractivity (Wildman–Crippen MR) is 66.6 cm³/mol. The number of furan rings is 1. The molecule has 4 nitrogen and oxygen atoms in total. The van der Waals surface area contributed by atoms with Crippen LogP contribution in [0.25, 0.3) is 11.0 Å². The van der Waals surface area contributed by atoms with Crippen molar-refractivity contribution in [3.05, 3.63) is 36.6 Å². The maximum Gasteiger partial charge on any atom is 0.405 e. The molecule has 0 atom stereocenters. The lowest BCUT2D eigenvalue weighted by Crippen LogP contribution is -2.27. The SMILES string of the molecule is CC(C)(C)OC(N)=O.c1ccc2occc2c1. The summed E-state index contributed by atoms with van der Waals surface area (Å²) in [6, 6.07) is 9.90. The molecular formula is C13H17NO3. The molecule has 1 aromatic carbocycles. The van der Waals surface area contributed by atoms with Crippen LogP contribution >= 0.6 is 0 Å². The van der Waals surface area contributed by atoms with Crippen molar-refractivity contribution >= 4 is 17.1 Å². The fourth-order valence-electron chi connectivity index (χ4n) is 1.21. The van der Waals surface area contributed by atoms with Gasteiger partial charge in [0.05, 0.1) is 6.26 Å². The molecule has 1 amide bonds. The van der Waals surface area contributed by atoms with Crippen LogP contribution in [0.3, 0.4) is 0 Å². The van der Waals surface area contributed by atoms with E-state index in [9.17, 15) is 4.79 Å². The minimum absolute atomic E-state index is 0.453. The zero-order valence-corrected chi connectivity index (χ0v) is 10.3. The number of hydrogen-bond donors (Lipinski definition) is 1. The van der Waals surface area contributed by atoms with E-state index >= 15 is 0 Å². The molecule has 92 valence electrons. The van der Waals surface area contributed by atoms with Gasteiger partial charge in [-0.25, -0.2) is 4.79 Å². The number of benzene rings is 1. The van der Waals surface area contributed by atoms with Crippen LogP contribution in [-0.2, 0) is 4.74 Å². The van der Waals surface area contributed by atoms with Crippen LogP contribution in [0, 0.1) is 0 Å². The molecule has 0 saturated heterocycles. The Balaban J connectivity index is 0.000000172. The van der Waals surface area contributed by atoms with Crippen molar-refractivity contribution in [2.24, 2.45) is 5.73 Å². The van der Waals surface area contributed by atoms with E-state index in [0.29, 0.717) is 0 Å². The molecule has 0 aliphatic rings. The third kappa shape index (κ3) is 5.06. The first-order valence-corrected chi connectivity index (χ1v) is 5.29. The molecule has 0 fully saturated rings. The fraction of sp³-hybridized carbons (Fsp3) is 0.308. The zero-order chi connectivity index (χ0) is 12.9. The molecule has 0 aliphatic carbocycles. The average Bonchev–Trinajstić information content (AvgIpc) is 2.61. The molecule has 0 spiro atoms. The molecule has 0 unspecified atom stereocenters. The minimum atomic E-state index is -0.725. The molecule has 0 radical (unpaired) electrons. The van der Waals surface area contributed by atoms with Crippen molar-refractivity contribution in [2.45, 2.75) is 26.4 Å². The standard InChI is InChI=1S/C8H6O.C5H11NO2/c1-2-4-8-7(3-1)5-6-9-8;1-5(2,3)8-4(6)7/h1-6H;1-3H3,(H2,6,7). The highest BCUT2D eigenvalue weighted by molar-refractivity contribution is 5.76. The maximum atomic E-state index is 10.0. The molecule has 4 heteroatoms. The topological polar surface area (TPSA) is 65.5 Å². The highest BCUT2D eigenvalue weighted by Gasteiger charge is 2.12. The largest absolute Gasteiger partial charge is 0.464 e. The molecule has 2 N–H and O–H groups in total. The Morgan fingerprint density at radius 3 is 2.35 bits per heavy atom. The van der Waals surface area contributed by atoms with E-state index in [2.05, 4.69) is 4.74 Å². The smallest absolute Gasteiger partial charge is 0.405 e. The Labute approximate surface area is 100 Å². The highest BCUT2D eigenvalue weighted by Crippen LogP contribution is 2.12. The number of rotatable bonds is 0. The molecule has 17 heavy (non-hydrogen) atoms. The number of para-hydroxylation sites is 1.